The number of aliphatic carboxylic acids is 1. The third-order valence-corrected chi connectivity index (χ3v) is 3.96. The molecule has 1 aromatic heterocycles. The van der Waals surface area contributed by atoms with Gasteiger partial charge in [-0.05, 0) is 36.8 Å². The lowest BCUT2D eigenvalue weighted by Gasteiger charge is -2.29. The number of carboxylic acids is 1. The average Bonchev–Trinajstić information content (AvgIpc) is 2.61. The predicted octanol–water partition coefficient (Wildman–Crippen LogP) is 3.16. The molecule has 96 valence electrons. The summed E-state index contributed by atoms with van der Waals surface area (Å²) in [5.41, 5.74) is 1.25. The van der Waals surface area contributed by atoms with Crippen molar-refractivity contribution in [2.24, 2.45) is 5.92 Å². The number of thiophene rings is 1. The average molecular weight is 255 g/mol. The normalized spacial score (nSPS) is 13.3. The Balaban J connectivity index is 2.82. The molecular weight excluding hydrogens is 234 g/mol. The zero-order valence-electron chi connectivity index (χ0n) is 10.9. The third-order valence-electron chi connectivity index (χ3n) is 2.77. The molecule has 0 bridgehead atoms. The number of carbonyl (C=O) groups is 1. The Kier molecular flexibility index (Phi) is 5.15. The molecule has 0 fully saturated rings. The summed E-state index contributed by atoms with van der Waals surface area (Å²) in [5.74, 6) is -0.288. The van der Waals surface area contributed by atoms with Gasteiger partial charge in [0.25, 0.3) is 0 Å². The van der Waals surface area contributed by atoms with Gasteiger partial charge < -0.3 is 5.11 Å². The molecule has 0 aromatic carbocycles. The third kappa shape index (κ3) is 4.13. The fourth-order valence-corrected chi connectivity index (χ4v) is 3.00. The molecule has 17 heavy (non-hydrogen) atoms. The quantitative estimate of drug-likeness (QED) is 0.849. The minimum Gasteiger partial charge on any atom is -0.480 e. The second-order valence-electron chi connectivity index (χ2n) is 4.86. The molecule has 0 aliphatic heterocycles. The van der Waals surface area contributed by atoms with Crippen LogP contribution in [0.5, 0.6) is 0 Å². The Morgan fingerprint density at radius 1 is 1.47 bits per heavy atom. The Labute approximate surface area is 107 Å². The minimum atomic E-state index is -0.758. The first-order chi connectivity index (χ1) is 7.91. The molecule has 1 unspecified atom stereocenters. The number of carboxylic acid groups (broad SMARTS) is 1. The molecule has 0 radical (unpaired) electrons. The van der Waals surface area contributed by atoms with Crippen LogP contribution in [0.3, 0.4) is 0 Å². The van der Waals surface area contributed by atoms with Crippen LogP contribution >= 0.6 is 11.3 Å². The number of hydrogen-bond acceptors (Lipinski definition) is 3. The largest absolute Gasteiger partial charge is 0.480 e. The van der Waals surface area contributed by atoms with Crippen LogP contribution in [0.25, 0.3) is 0 Å². The lowest BCUT2D eigenvalue weighted by atomic mass is 10.1. The highest BCUT2D eigenvalue weighted by atomic mass is 32.1. The van der Waals surface area contributed by atoms with Crippen molar-refractivity contribution in [1.29, 1.82) is 0 Å². The first-order valence-electron chi connectivity index (χ1n) is 5.91. The second kappa shape index (κ2) is 6.17. The monoisotopic (exact) mass is 255 g/mol. The summed E-state index contributed by atoms with van der Waals surface area (Å²) in [6, 6.07) is 2.26. The summed E-state index contributed by atoms with van der Waals surface area (Å²) in [7, 11) is 0. The van der Waals surface area contributed by atoms with Crippen LogP contribution in [0.1, 0.15) is 37.3 Å². The van der Waals surface area contributed by atoms with Gasteiger partial charge in [0.2, 0.25) is 0 Å². The number of rotatable bonds is 6. The molecule has 0 aliphatic rings. The molecule has 1 heterocycles. The minimum absolute atomic E-state index is 0.108. The molecule has 0 saturated heterocycles. The fourth-order valence-electron chi connectivity index (χ4n) is 1.98. The molecule has 0 spiro atoms. The van der Waals surface area contributed by atoms with Gasteiger partial charge in [-0.2, -0.15) is 0 Å². The van der Waals surface area contributed by atoms with Gasteiger partial charge in [0.1, 0.15) is 0 Å². The van der Waals surface area contributed by atoms with Crippen LogP contribution < -0.4 is 0 Å². The van der Waals surface area contributed by atoms with E-state index in [0.717, 1.165) is 6.54 Å². The van der Waals surface area contributed by atoms with E-state index in [4.69, 9.17) is 5.11 Å². The van der Waals surface area contributed by atoms with Crippen molar-refractivity contribution in [3.63, 3.8) is 0 Å². The molecule has 1 aromatic rings. The van der Waals surface area contributed by atoms with Gasteiger partial charge >= 0.3 is 5.97 Å². The van der Waals surface area contributed by atoms with Gasteiger partial charge in [-0.1, -0.05) is 13.8 Å². The van der Waals surface area contributed by atoms with E-state index < -0.39 is 5.97 Å². The Bertz CT molecular complexity index is 373. The highest BCUT2D eigenvalue weighted by molar-refractivity contribution is 7.10. The molecule has 0 saturated carbocycles. The summed E-state index contributed by atoms with van der Waals surface area (Å²) in [4.78, 5) is 14.2. The van der Waals surface area contributed by atoms with Gasteiger partial charge in [0, 0.05) is 17.5 Å². The van der Waals surface area contributed by atoms with E-state index in [1.54, 1.807) is 11.3 Å². The molecule has 1 atom stereocenters. The van der Waals surface area contributed by atoms with Gasteiger partial charge in [-0.25, -0.2) is 0 Å². The molecule has 0 amide bonds. The lowest BCUT2D eigenvalue weighted by Crippen LogP contribution is -2.35. The molecule has 0 aliphatic carbocycles. The predicted molar refractivity (Wildman–Crippen MR) is 71.5 cm³/mol. The first kappa shape index (κ1) is 14.2. The van der Waals surface area contributed by atoms with Crippen LogP contribution in [0.15, 0.2) is 11.4 Å². The Morgan fingerprint density at radius 3 is 2.53 bits per heavy atom. The second-order valence-corrected chi connectivity index (χ2v) is 5.81. The van der Waals surface area contributed by atoms with E-state index in [9.17, 15) is 4.79 Å². The highest BCUT2D eigenvalue weighted by Crippen LogP contribution is 2.28. The van der Waals surface area contributed by atoms with E-state index in [-0.39, 0.29) is 12.6 Å². The Hall–Kier alpha value is -0.870. The van der Waals surface area contributed by atoms with Crippen molar-refractivity contribution in [3.8, 4) is 0 Å². The molecular formula is C13H21NO2S. The van der Waals surface area contributed by atoms with Crippen LogP contribution in [0.4, 0.5) is 0 Å². The molecule has 1 N–H and O–H groups in total. The number of aryl methyl sites for hydroxylation is 1. The molecule has 1 rings (SSSR count). The first-order valence-corrected chi connectivity index (χ1v) is 6.79. The maximum Gasteiger partial charge on any atom is 0.317 e. The fraction of sp³-hybridized carbons (Fsp3) is 0.615. The zero-order valence-corrected chi connectivity index (χ0v) is 11.8. The van der Waals surface area contributed by atoms with Crippen LogP contribution in [-0.4, -0.2) is 29.1 Å². The summed E-state index contributed by atoms with van der Waals surface area (Å²) in [6.45, 7) is 9.31. The van der Waals surface area contributed by atoms with Gasteiger partial charge in [-0.3, -0.25) is 9.69 Å². The summed E-state index contributed by atoms with van der Waals surface area (Å²) in [6.07, 6.45) is 0. The van der Waals surface area contributed by atoms with Crippen molar-refractivity contribution in [3.05, 3.63) is 21.9 Å². The smallest absolute Gasteiger partial charge is 0.317 e. The maximum absolute atomic E-state index is 10.9. The van der Waals surface area contributed by atoms with E-state index in [2.05, 4.69) is 39.1 Å². The number of hydrogen-bond donors (Lipinski definition) is 1. The van der Waals surface area contributed by atoms with E-state index in [0.29, 0.717) is 5.92 Å². The summed E-state index contributed by atoms with van der Waals surface area (Å²) >= 11 is 1.71. The van der Waals surface area contributed by atoms with Crippen molar-refractivity contribution < 1.29 is 9.90 Å². The Morgan fingerprint density at radius 2 is 2.12 bits per heavy atom. The van der Waals surface area contributed by atoms with Crippen LogP contribution in [0.2, 0.25) is 0 Å². The van der Waals surface area contributed by atoms with E-state index in [1.165, 1.54) is 10.4 Å². The summed E-state index contributed by atoms with van der Waals surface area (Å²) < 4.78 is 0. The zero-order chi connectivity index (χ0) is 13.0. The lowest BCUT2D eigenvalue weighted by molar-refractivity contribution is -0.139. The highest BCUT2D eigenvalue weighted by Gasteiger charge is 2.21. The molecule has 4 heteroatoms. The maximum atomic E-state index is 10.9. The van der Waals surface area contributed by atoms with Crippen molar-refractivity contribution in [2.45, 2.75) is 33.7 Å². The SMILES string of the molecule is Cc1ccsc1C(C)N(CC(=O)O)CC(C)C. The van der Waals surface area contributed by atoms with Gasteiger partial charge in [-0.15, -0.1) is 11.3 Å². The van der Waals surface area contributed by atoms with E-state index >= 15 is 0 Å². The van der Waals surface area contributed by atoms with Crippen molar-refractivity contribution >= 4 is 17.3 Å². The standard InChI is InChI=1S/C13H21NO2S/c1-9(2)7-14(8-12(15)16)11(4)13-10(3)5-6-17-13/h5-6,9,11H,7-8H2,1-4H3,(H,15,16). The van der Waals surface area contributed by atoms with Crippen molar-refractivity contribution in [2.75, 3.05) is 13.1 Å². The molecule has 3 nitrogen and oxygen atoms in total. The number of nitrogens with zero attached hydrogens (tertiary/aromatic N) is 1. The topological polar surface area (TPSA) is 40.5 Å². The van der Waals surface area contributed by atoms with Crippen LogP contribution in [-0.2, 0) is 4.79 Å². The van der Waals surface area contributed by atoms with Crippen LogP contribution in [0, 0.1) is 12.8 Å². The van der Waals surface area contributed by atoms with Gasteiger partial charge in [0.05, 0.1) is 6.54 Å². The summed E-state index contributed by atoms with van der Waals surface area (Å²) in [5, 5.41) is 11.0. The van der Waals surface area contributed by atoms with Gasteiger partial charge in [0.15, 0.2) is 0 Å². The van der Waals surface area contributed by atoms with E-state index in [1.807, 2.05) is 4.90 Å². The van der Waals surface area contributed by atoms with Crippen molar-refractivity contribution in [1.82, 2.24) is 4.90 Å².